The van der Waals surface area contributed by atoms with Crippen molar-refractivity contribution in [2.45, 2.75) is 9.79 Å². The van der Waals surface area contributed by atoms with Crippen molar-refractivity contribution in [2.75, 3.05) is 4.72 Å². The summed E-state index contributed by atoms with van der Waals surface area (Å²) in [5.74, 6) is 0. The maximum atomic E-state index is 12.5. The monoisotopic (exact) mass is 363 g/mol. The Morgan fingerprint density at radius 1 is 0.833 bits per heavy atom. The van der Waals surface area contributed by atoms with Gasteiger partial charge in [-0.1, -0.05) is 18.2 Å². The Labute approximate surface area is 139 Å². The summed E-state index contributed by atoms with van der Waals surface area (Å²) in [4.78, 5) is 3.94. The van der Waals surface area contributed by atoms with Gasteiger partial charge in [0.15, 0.2) is 0 Å². The minimum atomic E-state index is -3.89. The molecule has 0 spiro atoms. The van der Waals surface area contributed by atoms with Crippen LogP contribution < -0.4 is 9.86 Å². The van der Waals surface area contributed by atoms with Gasteiger partial charge in [-0.05, 0) is 36.4 Å². The van der Waals surface area contributed by atoms with E-state index in [4.69, 9.17) is 5.14 Å². The number of hydrogen-bond acceptors (Lipinski definition) is 5. The summed E-state index contributed by atoms with van der Waals surface area (Å²) in [5.41, 5.74) is 0.855. The molecule has 2 aromatic carbocycles. The number of nitrogens with two attached hydrogens (primary N) is 1. The maximum absolute atomic E-state index is 12.5. The first kappa shape index (κ1) is 16.4. The average Bonchev–Trinajstić information content (AvgIpc) is 2.54. The van der Waals surface area contributed by atoms with Gasteiger partial charge < -0.3 is 0 Å². The van der Waals surface area contributed by atoms with Crippen molar-refractivity contribution >= 4 is 36.6 Å². The molecule has 0 unspecified atom stereocenters. The third kappa shape index (κ3) is 3.23. The Kier molecular flexibility index (Phi) is 3.99. The van der Waals surface area contributed by atoms with Gasteiger partial charge in [-0.25, -0.2) is 22.0 Å². The highest BCUT2D eigenvalue weighted by atomic mass is 32.2. The molecule has 0 aliphatic heterocycles. The van der Waals surface area contributed by atoms with Crippen LogP contribution in [-0.2, 0) is 20.0 Å². The number of sulfonamides is 2. The van der Waals surface area contributed by atoms with Gasteiger partial charge in [-0.15, -0.1) is 0 Å². The molecule has 3 N–H and O–H groups in total. The van der Waals surface area contributed by atoms with Crippen molar-refractivity contribution in [3.63, 3.8) is 0 Å². The zero-order chi connectivity index (χ0) is 17.4. The normalized spacial score (nSPS) is 12.2. The van der Waals surface area contributed by atoms with Crippen molar-refractivity contribution in [3.8, 4) is 0 Å². The molecule has 24 heavy (non-hydrogen) atoms. The van der Waals surface area contributed by atoms with Gasteiger partial charge in [-0.3, -0.25) is 9.71 Å². The van der Waals surface area contributed by atoms with E-state index in [9.17, 15) is 16.8 Å². The summed E-state index contributed by atoms with van der Waals surface area (Å²) < 4.78 is 49.9. The van der Waals surface area contributed by atoms with Crippen LogP contribution in [0.3, 0.4) is 0 Å². The van der Waals surface area contributed by atoms with Crippen LogP contribution in [0.1, 0.15) is 0 Å². The average molecular weight is 363 g/mol. The van der Waals surface area contributed by atoms with Gasteiger partial charge in [-0.2, -0.15) is 0 Å². The molecule has 0 saturated heterocycles. The summed E-state index contributed by atoms with van der Waals surface area (Å²) in [6, 6.07) is 13.4. The molecular formula is C15H13N3O4S2. The van der Waals surface area contributed by atoms with Crippen molar-refractivity contribution in [1.29, 1.82) is 0 Å². The molecule has 0 saturated carbocycles. The summed E-state index contributed by atoms with van der Waals surface area (Å²) >= 11 is 0. The Hall–Kier alpha value is -2.49. The standard InChI is InChI=1S/C15H13N3O4S2/c16-23(19,20)12-6-8-13(9-7-12)24(21,22)18-14-5-1-3-11-4-2-10-17-15(11)14/h1-10,18H,(H2,16,19,20). The zero-order valence-electron chi connectivity index (χ0n) is 12.2. The number of rotatable bonds is 4. The van der Waals surface area contributed by atoms with E-state index >= 15 is 0 Å². The predicted octanol–water partition coefficient (Wildman–Crippen LogP) is 1.68. The second-order valence-corrected chi connectivity index (χ2v) is 8.25. The van der Waals surface area contributed by atoms with Crippen LogP contribution >= 0.6 is 0 Å². The zero-order valence-corrected chi connectivity index (χ0v) is 13.9. The molecule has 0 bridgehead atoms. The third-order valence-electron chi connectivity index (χ3n) is 3.34. The van der Waals surface area contributed by atoms with Crippen LogP contribution in [-0.4, -0.2) is 21.8 Å². The number of nitrogens with one attached hydrogen (secondary N) is 1. The molecule has 3 rings (SSSR count). The molecular weight excluding hydrogens is 350 g/mol. The maximum Gasteiger partial charge on any atom is 0.261 e. The summed E-state index contributed by atoms with van der Waals surface area (Å²) in [6.07, 6.45) is 1.57. The van der Waals surface area contributed by atoms with Gasteiger partial charge in [0.25, 0.3) is 10.0 Å². The molecule has 3 aromatic rings. The Bertz CT molecular complexity index is 1100. The second kappa shape index (κ2) is 5.86. The summed E-state index contributed by atoms with van der Waals surface area (Å²) in [7, 11) is -7.77. The van der Waals surface area contributed by atoms with Crippen LogP contribution in [0.15, 0.2) is 70.6 Å². The first-order valence-electron chi connectivity index (χ1n) is 6.77. The molecule has 0 atom stereocenters. The van der Waals surface area contributed by atoms with E-state index in [1.807, 2.05) is 12.1 Å². The summed E-state index contributed by atoms with van der Waals surface area (Å²) in [6.45, 7) is 0. The first-order chi connectivity index (χ1) is 11.3. The van der Waals surface area contributed by atoms with E-state index in [1.54, 1.807) is 24.4 Å². The fraction of sp³-hybridized carbons (Fsp3) is 0. The molecule has 0 aliphatic rings. The number of primary sulfonamides is 1. The predicted molar refractivity (Wildman–Crippen MR) is 90.4 cm³/mol. The fourth-order valence-corrected chi connectivity index (χ4v) is 3.78. The third-order valence-corrected chi connectivity index (χ3v) is 5.65. The molecule has 0 amide bonds. The van der Waals surface area contributed by atoms with Crippen LogP contribution in [0.5, 0.6) is 0 Å². The number of para-hydroxylation sites is 1. The molecule has 1 aromatic heterocycles. The molecule has 7 nitrogen and oxygen atoms in total. The minimum absolute atomic E-state index is 0.0807. The molecule has 9 heteroatoms. The number of nitrogens with zero attached hydrogens (tertiary/aromatic N) is 1. The smallest absolute Gasteiger partial charge is 0.261 e. The van der Waals surface area contributed by atoms with E-state index in [0.29, 0.717) is 11.2 Å². The molecule has 0 radical (unpaired) electrons. The highest BCUT2D eigenvalue weighted by Crippen LogP contribution is 2.24. The van der Waals surface area contributed by atoms with Crippen molar-refractivity contribution in [1.82, 2.24) is 4.98 Å². The largest absolute Gasteiger partial charge is 0.277 e. The lowest BCUT2D eigenvalue weighted by Gasteiger charge is -2.10. The highest BCUT2D eigenvalue weighted by Gasteiger charge is 2.17. The van der Waals surface area contributed by atoms with Crippen molar-refractivity contribution in [2.24, 2.45) is 5.14 Å². The number of aromatic nitrogens is 1. The SMILES string of the molecule is NS(=O)(=O)c1ccc(S(=O)(=O)Nc2cccc3cccnc23)cc1. The molecule has 1 heterocycles. The lowest BCUT2D eigenvalue weighted by atomic mass is 10.2. The van der Waals surface area contributed by atoms with Gasteiger partial charge in [0.2, 0.25) is 10.0 Å². The van der Waals surface area contributed by atoms with Gasteiger partial charge >= 0.3 is 0 Å². The number of hydrogen-bond donors (Lipinski definition) is 2. The molecule has 0 aliphatic carbocycles. The van der Waals surface area contributed by atoms with E-state index in [2.05, 4.69) is 9.71 Å². The highest BCUT2D eigenvalue weighted by molar-refractivity contribution is 7.92. The second-order valence-electron chi connectivity index (χ2n) is 5.00. The van der Waals surface area contributed by atoms with Gasteiger partial charge in [0, 0.05) is 11.6 Å². The number of pyridine rings is 1. The van der Waals surface area contributed by atoms with Crippen LogP contribution in [0.25, 0.3) is 10.9 Å². The Morgan fingerprint density at radius 3 is 2.12 bits per heavy atom. The number of fused-ring (bicyclic) bond motifs is 1. The van der Waals surface area contributed by atoms with E-state index in [0.717, 1.165) is 17.5 Å². The van der Waals surface area contributed by atoms with Gasteiger partial charge in [0.1, 0.15) is 0 Å². The first-order valence-corrected chi connectivity index (χ1v) is 9.80. The van der Waals surface area contributed by atoms with E-state index < -0.39 is 20.0 Å². The minimum Gasteiger partial charge on any atom is -0.277 e. The lowest BCUT2D eigenvalue weighted by molar-refractivity contribution is 0.595. The number of anilines is 1. The van der Waals surface area contributed by atoms with Crippen LogP contribution in [0.4, 0.5) is 5.69 Å². The Morgan fingerprint density at radius 2 is 1.46 bits per heavy atom. The number of benzene rings is 2. The van der Waals surface area contributed by atoms with Crippen molar-refractivity contribution in [3.05, 3.63) is 60.8 Å². The lowest BCUT2D eigenvalue weighted by Crippen LogP contribution is -2.15. The van der Waals surface area contributed by atoms with E-state index in [1.165, 1.54) is 12.1 Å². The fourth-order valence-electron chi connectivity index (χ4n) is 2.20. The summed E-state index contributed by atoms with van der Waals surface area (Å²) in [5, 5.41) is 5.79. The van der Waals surface area contributed by atoms with Crippen LogP contribution in [0, 0.1) is 0 Å². The Balaban J connectivity index is 1.99. The topological polar surface area (TPSA) is 119 Å². The molecule has 0 fully saturated rings. The van der Waals surface area contributed by atoms with Crippen molar-refractivity contribution < 1.29 is 16.8 Å². The molecule has 124 valence electrons. The van der Waals surface area contributed by atoms with Crippen LogP contribution in [0.2, 0.25) is 0 Å². The van der Waals surface area contributed by atoms with Gasteiger partial charge in [0.05, 0.1) is 21.0 Å². The quantitative estimate of drug-likeness (QED) is 0.731. The van der Waals surface area contributed by atoms with E-state index in [-0.39, 0.29) is 9.79 Å².